The van der Waals surface area contributed by atoms with Gasteiger partial charge in [0, 0.05) is 6.04 Å². The first-order valence-electron chi connectivity index (χ1n) is 8.07. The number of benzene rings is 1. The number of rotatable bonds is 3. The van der Waals surface area contributed by atoms with E-state index in [1.165, 1.54) is 32.1 Å². The van der Waals surface area contributed by atoms with Crippen molar-refractivity contribution in [1.82, 2.24) is 9.97 Å². The lowest BCUT2D eigenvalue weighted by molar-refractivity contribution is 0.376. The summed E-state index contributed by atoms with van der Waals surface area (Å²) in [5.41, 5.74) is 0.724. The fourth-order valence-electron chi connectivity index (χ4n) is 3.18. The Bertz CT molecular complexity index is 637. The molecule has 22 heavy (non-hydrogen) atoms. The summed E-state index contributed by atoms with van der Waals surface area (Å²) in [5.74, 6) is 1.25. The van der Waals surface area contributed by atoms with Gasteiger partial charge in [-0.05, 0) is 25.0 Å². The number of ether oxygens (including phenoxy) is 1. The fraction of sp³-hybridized carbons (Fsp3) is 0.529. The molecule has 0 saturated heterocycles. The van der Waals surface area contributed by atoms with Crippen LogP contribution in [-0.4, -0.2) is 28.2 Å². The van der Waals surface area contributed by atoms with Gasteiger partial charge in [-0.2, -0.15) is 0 Å². The standard InChI is InChI=1S/C17H23N3O2/c1-22-14-10-9-13-15(16(14)21)17(19-11-18-13)20-12-7-5-3-2-4-6-8-12/h9-12,21H,2-8H2,1H3,(H,18,19,20). The summed E-state index contributed by atoms with van der Waals surface area (Å²) in [6, 6.07) is 3.98. The van der Waals surface area contributed by atoms with Crippen molar-refractivity contribution in [2.75, 3.05) is 12.4 Å². The zero-order valence-corrected chi connectivity index (χ0v) is 13.0. The van der Waals surface area contributed by atoms with Crippen molar-refractivity contribution in [3.05, 3.63) is 18.5 Å². The topological polar surface area (TPSA) is 67.3 Å². The highest BCUT2D eigenvalue weighted by atomic mass is 16.5. The molecule has 0 atom stereocenters. The number of methoxy groups -OCH3 is 1. The minimum absolute atomic E-state index is 0.106. The fourth-order valence-corrected chi connectivity index (χ4v) is 3.18. The molecule has 0 spiro atoms. The van der Waals surface area contributed by atoms with Crippen molar-refractivity contribution < 1.29 is 9.84 Å². The summed E-state index contributed by atoms with van der Waals surface area (Å²) < 4.78 is 5.20. The van der Waals surface area contributed by atoms with Crippen LogP contribution in [0.4, 0.5) is 5.82 Å². The Hall–Kier alpha value is -2.04. The van der Waals surface area contributed by atoms with Gasteiger partial charge in [-0.15, -0.1) is 0 Å². The smallest absolute Gasteiger partial charge is 0.171 e. The van der Waals surface area contributed by atoms with Gasteiger partial charge in [0.2, 0.25) is 0 Å². The Morgan fingerprint density at radius 3 is 2.55 bits per heavy atom. The predicted molar refractivity (Wildman–Crippen MR) is 87.5 cm³/mol. The van der Waals surface area contributed by atoms with Gasteiger partial charge in [-0.1, -0.05) is 32.1 Å². The Kier molecular flexibility index (Phi) is 4.61. The highest BCUT2D eigenvalue weighted by Gasteiger charge is 2.17. The average molecular weight is 301 g/mol. The van der Waals surface area contributed by atoms with E-state index in [9.17, 15) is 5.11 Å². The molecule has 1 heterocycles. The number of phenols is 1. The van der Waals surface area contributed by atoms with Gasteiger partial charge < -0.3 is 15.2 Å². The van der Waals surface area contributed by atoms with Crippen molar-refractivity contribution in [2.45, 2.75) is 51.0 Å². The molecular formula is C17H23N3O2. The molecule has 1 aromatic heterocycles. The highest BCUT2D eigenvalue weighted by Crippen LogP contribution is 2.37. The number of nitrogens with zero attached hydrogens (tertiary/aromatic N) is 2. The summed E-state index contributed by atoms with van der Waals surface area (Å²) in [6.07, 6.45) is 10.3. The van der Waals surface area contributed by atoms with E-state index in [4.69, 9.17) is 4.74 Å². The number of nitrogens with one attached hydrogen (secondary N) is 1. The number of aromatic hydroxyl groups is 1. The molecule has 0 amide bonds. The van der Waals surface area contributed by atoms with Gasteiger partial charge in [0.05, 0.1) is 18.0 Å². The normalized spacial score (nSPS) is 17.0. The second kappa shape index (κ2) is 6.81. The van der Waals surface area contributed by atoms with Crippen LogP contribution >= 0.6 is 0 Å². The lowest BCUT2D eigenvalue weighted by Crippen LogP contribution is -2.21. The van der Waals surface area contributed by atoms with Crippen LogP contribution in [0.5, 0.6) is 11.5 Å². The van der Waals surface area contributed by atoms with Gasteiger partial charge in [0.25, 0.3) is 0 Å². The number of phenolic OH excluding ortho intramolecular Hbond substituents is 1. The maximum absolute atomic E-state index is 10.4. The molecule has 0 bridgehead atoms. The molecule has 1 fully saturated rings. The second-order valence-corrected chi connectivity index (χ2v) is 5.92. The first-order chi connectivity index (χ1) is 10.8. The van der Waals surface area contributed by atoms with Crippen LogP contribution in [0.2, 0.25) is 0 Å². The Morgan fingerprint density at radius 1 is 1.09 bits per heavy atom. The monoisotopic (exact) mass is 301 g/mol. The first kappa shape index (κ1) is 14.9. The summed E-state index contributed by atoms with van der Waals surface area (Å²) in [4.78, 5) is 8.59. The van der Waals surface area contributed by atoms with E-state index in [1.807, 2.05) is 6.07 Å². The van der Waals surface area contributed by atoms with Crippen molar-refractivity contribution in [3.63, 3.8) is 0 Å². The molecular weight excluding hydrogens is 278 g/mol. The van der Waals surface area contributed by atoms with E-state index in [2.05, 4.69) is 15.3 Å². The molecule has 0 radical (unpaired) electrons. The third-order valence-electron chi connectivity index (χ3n) is 4.41. The van der Waals surface area contributed by atoms with Crippen LogP contribution in [-0.2, 0) is 0 Å². The van der Waals surface area contributed by atoms with Gasteiger partial charge in [-0.25, -0.2) is 9.97 Å². The lowest BCUT2D eigenvalue weighted by atomic mass is 9.96. The van der Waals surface area contributed by atoms with Gasteiger partial charge >= 0.3 is 0 Å². The third-order valence-corrected chi connectivity index (χ3v) is 4.41. The summed E-state index contributed by atoms with van der Waals surface area (Å²) >= 11 is 0. The molecule has 2 aromatic rings. The first-order valence-corrected chi connectivity index (χ1v) is 8.07. The SMILES string of the molecule is COc1ccc2ncnc(NC3CCCCCCC3)c2c1O. The van der Waals surface area contributed by atoms with Gasteiger partial charge in [-0.3, -0.25) is 0 Å². The molecule has 1 saturated carbocycles. The molecule has 0 unspecified atom stereocenters. The van der Waals surface area contributed by atoms with Gasteiger partial charge in [0.15, 0.2) is 11.5 Å². The number of hydrogen-bond acceptors (Lipinski definition) is 5. The Balaban J connectivity index is 1.92. The van der Waals surface area contributed by atoms with E-state index >= 15 is 0 Å². The molecule has 1 aromatic carbocycles. The second-order valence-electron chi connectivity index (χ2n) is 5.92. The van der Waals surface area contributed by atoms with E-state index in [-0.39, 0.29) is 5.75 Å². The number of hydrogen-bond donors (Lipinski definition) is 2. The van der Waals surface area contributed by atoms with E-state index in [0.29, 0.717) is 23.0 Å². The van der Waals surface area contributed by atoms with Crippen LogP contribution in [0, 0.1) is 0 Å². The molecule has 118 valence electrons. The summed E-state index contributed by atoms with van der Waals surface area (Å²) in [7, 11) is 1.55. The van der Waals surface area contributed by atoms with Crippen molar-refractivity contribution in [1.29, 1.82) is 0 Å². The van der Waals surface area contributed by atoms with E-state index in [0.717, 1.165) is 18.4 Å². The number of anilines is 1. The maximum atomic E-state index is 10.4. The minimum atomic E-state index is 0.106. The molecule has 1 aliphatic rings. The number of fused-ring (bicyclic) bond motifs is 1. The maximum Gasteiger partial charge on any atom is 0.171 e. The quantitative estimate of drug-likeness (QED) is 0.901. The van der Waals surface area contributed by atoms with Crippen LogP contribution in [0.3, 0.4) is 0 Å². The van der Waals surface area contributed by atoms with Crippen molar-refractivity contribution in [2.24, 2.45) is 0 Å². The van der Waals surface area contributed by atoms with Crippen molar-refractivity contribution in [3.8, 4) is 11.5 Å². The molecule has 1 aliphatic carbocycles. The Morgan fingerprint density at radius 2 is 1.82 bits per heavy atom. The van der Waals surface area contributed by atoms with Crippen LogP contribution in [0.25, 0.3) is 10.9 Å². The van der Waals surface area contributed by atoms with Crippen LogP contribution in [0.1, 0.15) is 44.9 Å². The third kappa shape index (κ3) is 3.08. The number of aromatic nitrogens is 2. The zero-order valence-electron chi connectivity index (χ0n) is 13.0. The zero-order chi connectivity index (χ0) is 15.4. The largest absolute Gasteiger partial charge is 0.504 e. The van der Waals surface area contributed by atoms with Crippen molar-refractivity contribution >= 4 is 16.7 Å². The molecule has 5 nitrogen and oxygen atoms in total. The molecule has 3 rings (SSSR count). The van der Waals surface area contributed by atoms with E-state index < -0.39 is 0 Å². The van der Waals surface area contributed by atoms with E-state index in [1.54, 1.807) is 19.5 Å². The minimum Gasteiger partial charge on any atom is -0.504 e. The molecule has 0 aliphatic heterocycles. The molecule has 5 heteroatoms. The van der Waals surface area contributed by atoms with Crippen LogP contribution in [0.15, 0.2) is 18.5 Å². The lowest BCUT2D eigenvalue weighted by Gasteiger charge is -2.22. The summed E-state index contributed by atoms with van der Waals surface area (Å²) in [5, 5.41) is 14.6. The highest BCUT2D eigenvalue weighted by molar-refractivity contribution is 5.96. The van der Waals surface area contributed by atoms with Gasteiger partial charge in [0.1, 0.15) is 12.1 Å². The van der Waals surface area contributed by atoms with Crippen LogP contribution < -0.4 is 10.1 Å². The predicted octanol–water partition coefficient (Wildman–Crippen LogP) is 3.87. The molecule has 2 N–H and O–H groups in total. The summed E-state index contributed by atoms with van der Waals surface area (Å²) in [6.45, 7) is 0. The average Bonchev–Trinajstić information content (AvgIpc) is 2.50. The Labute approximate surface area is 130 Å².